The minimum Gasteiger partial charge on any atom is -0.493 e. The van der Waals surface area contributed by atoms with E-state index in [1.807, 2.05) is 0 Å². The highest BCUT2D eigenvalue weighted by atomic mass is 32.2. The van der Waals surface area contributed by atoms with Crippen LogP contribution in [0, 0.1) is 0 Å². The molecule has 2 aromatic carbocycles. The minimum atomic E-state index is -5.81. The Morgan fingerprint density at radius 2 is 1.88 bits per heavy atom. The monoisotopic (exact) mass is 391 g/mol. The summed E-state index contributed by atoms with van der Waals surface area (Å²) < 4.78 is 69.4. The molecule has 0 radical (unpaired) electrons. The summed E-state index contributed by atoms with van der Waals surface area (Å²) in [6.07, 6.45) is 0.473. The van der Waals surface area contributed by atoms with E-state index in [1.54, 1.807) is 18.2 Å². The first-order chi connectivity index (χ1) is 12.0. The fourth-order valence-electron chi connectivity index (χ4n) is 2.33. The third-order valence-corrected chi connectivity index (χ3v) is 4.47. The summed E-state index contributed by atoms with van der Waals surface area (Å²) in [4.78, 5) is 11.0. The average molecular weight is 391 g/mol. The van der Waals surface area contributed by atoms with E-state index in [9.17, 15) is 26.4 Å². The Hall–Kier alpha value is -2.49. The lowest BCUT2D eigenvalue weighted by molar-refractivity contribution is -0.118. The number of halogens is 3. The van der Waals surface area contributed by atoms with E-state index in [0.29, 0.717) is 23.7 Å². The van der Waals surface area contributed by atoms with Crippen LogP contribution in [-0.2, 0) is 21.3 Å². The van der Waals surface area contributed by atoms with Gasteiger partial charge in [0.15, 0.2) is 11.5 Å². The van der Waals surface area contributed by atoms with Gasteiger partial charge >= 0.3 is 15.6 Å². The van der Waals surface area contributed by atoms with Gasteiger partial charge in [0.1, 0.15) is 0 Å². The molecule has 0 saturated heterocycles. The first-order valence-electron chi connectivity index (χ1n) is 7.40. The summed E-state index contributed by atoms with van der Waals surface area (Å²) >= 11 is 0. The summed E-state index contributed by atoms with van der Waals surface area (Å²) in [6, 6.07) is 7.62. The Bertz CT molecular complexity index is 925. The van der Waals surface area contributed by atoms with Crippen LogP contribution < -0.4 is 14.2 Å². The number of nitrogens with one attached hydrogen (secondary N) is 1. The highest BCUT2D eigenvalue weighted by molar-refractivity contribution is 7.88. The lowest BCUT2D eigenvalue weighted by Gasteiger charge is -2.14. The largest absolute Gasteiger partial charge is 0.534 e. The standard InChI is InChI=1S/C16H16F3NO5S/c1-10(21)20-7-6-11-4-3-5-12-8-15(14(24-2)9-13(11)12)25-26(22,23)16(17,18)19/h3-5,8-9H,6-7H2,1-2H3,(H,20,21). The van der Waals surface area contributed by atoms with Crippen molar-refractivity contribution >= 4 is 26.8 Å². The third-order valence-electron chi connectivity index (χ3n) is 3.51. The van der Waals surface area contributed by atoms with Gasteiger partial charge in [-0.15, -0.1) is 0 Å². The molecule has 2 aromatic rings. The molecular formula is C16H16F3NO5S. The second-order valence-electron chi connectivity index (χ2n) is 5.36. The molecule has 0 bridgehead atoms. The summed E-state index contributed by atoms with van der Waals surface area (Å²) in [5.74, 6) is -0.899. The lowest BCUT2D eigenvalue weighted by atomic mass is 10.0. The van der Waals surface area contributed by atoms with Gasteiger partial charge in [0.25, 0.3) is 0 Å². The number of carbonyl (C=O) groups is 1. The van der Waals surface area contributed by atoms with Crippen molar-refractivity contribution in [3.63, 3.8) is 0 Å². The number of amides is 1. The van der Waals surface area contributed by atoms with Crippen LogP contribution in [0.4, 0.5) is 13.2 Å². The van der Waals surface area contributed by atoms with Crippen LogP contribution in [0.25, 0.3) is 10.8 Å². The number of benzene rings is 2. The predicted octanol–water partition coefficient (Wildman–Crippen LogP) is 2.76. The van der Waals surface area contributed by atoms with Crippen LogP contribution in [-0.4, -0.2) is 33.5 Å². The Balaban J connectivity index is 2.45. The number of methoxy groups -OCH3 is 1. The molecule has 10 heteroatoms. The van der Waals surface area contributed by atoms with Crippen molar-refractivity contribution in [3.8, 4) is 11.5 Å². The van der Waals surface area contributed by atoms with E-state index in [-0.39, 0.29) is 11.7 Å². The average Bonchev–Trinajstić information content (AvgIpc) is 2.52. The molecule has 0 heterocycles. The molecular weight excluding hydrogens is 375 g/mol. The summed E-state index contributed by atoms with van der Waals surface area (Å²) in [5.41, 5.74) is -4.74. The van der Waals surface area contributed by atoms with Crippen molar-refractivity contribution in [1.82, 2.24) is 5.32 Å². The SMILES string of the molecule is COc1cc2c(CCNC(C)=O)cccc2cc1OS(=O)(=O)C(F)(F)F. The summed E-state index contributed by atoms with van der Waals surface area (Å²) in [6.45, 7) is 1.76. The lowest BCUT2D eigenvalue weighted by Crippen LogP contribution is -2.28. The van der Waals surface area contributed by atoms with Gasteiger partial charge in [-0.25, -0.2) is 0 Å². The molecule has 142 valence electrons. The second-order valence-corrected chi connectivity index (χ2v) is 6.90. The molecule has 0 aliphatic heterocycles. The molecule has 0 aliphatic rings. The van der Waals surface area contributed by atoms with Crippen molar-refractivity contribution in [2.45, 2.75) is 18.9 Å². The molecule has 0 unspecified atom stereocenters. The van der Waals surface area contributed by atoms with Crippen LogP contribution in [0.15, 0.2) is 30.3 Å². The molecule has 0 spiro atoms. The van der Waals surface area contributed by atoms with Crippen molar-refractivity contribution in [1.29, 1.82) is 0 Å². The van der Waals surface area contributed by atoms with Crippen LogP contribution in [0.5, 0.6) is 11.5 Å². The van der Waals surface area contributed by atoms with Crippen LogP contribution in [0.2, 0.25) is 0 Å². The van der Waals surface area contributed by atoms with E-state index in [4.69, 9.17) is 4.74 Å². The highest BCUT2D eigenvalue weighted by Gasteiger charge is 2.49. The Labute approximate surface area is 148 Å². The fourth-order valence-corrected chi connectivity index (χ4v) is 2.79. The van der Waals surface area contributed by atoms with Gasteiger partial charge in [-0.05, 0) is 34.9 Å². The first-order valence-corrected chi connectivity index (χ1v) is 8.81. The second kappa shape index (κ2) is 7.40. The van der Waals surface area contributed by atoms with Crippen LogP contribution in [0.1, 0.15) is 12.5 Å². The number of ether oxygens (including phenoxy) is 1. The molecule has 1 N–H and O–H groups in total. The smallest absolute Gasteiger partial charge is 0.493 e. The normalized spacial score (nSPS) is 12.0. The zero-order chi connectivity index (χ0) is 19.5. The third kappa shape index (κ3) is 4.37. The van der Waals surface area contributed by atoms with E-state index in [1.165, 1.54) is 26.2 Å². The molecule has 0 atom stereocenters. The number of rotatable bonds is 6. The molecule has 0 saturated carbocycles. The molecule has 26 heavy (non-hydrogen) atoms. The molecule has 2 rings (SSSR count). The van der Waals surface area contributed by atoms with Crippen molar-refractivity contribution in [2.24, 2.45) is 0 Å². The number of fused-ring (bicyclic) bond motifs is 1. The number of hydrogen-bond donors (Lipinski definition) is 1. The van der Waals surface area contributed by atoms with Gasteiger partial charge in [0.2, 0.25) is 5.91 Å². The van der Waals surface area contributed by atoms with E-state index in [0.717, 1.165) is 5.56 Å². The highest BCUT2D eigenvalue weighted by Crippen LogP contribution is 2.37. The van der Waals surface area contributed by atoms with Gasteiger partial charge < -0.3 is 14.2 Å². The maximum atomic E-state index is 12.5. The zero-order valence-electron chi connectivity index (χ0n) is 13.9. The number of alkyl halides is 3. The van der Waals surface area contributed by atoms with E-state index >= 15 is 0 Å². The number of carbonyl (C=O) groups excluding carboxylic acids is 1. The maximum absolute atomic E-state index is 12.5. The van der Waals surface area contributed by atoms with Crippen molar-refractivity contribution < 1.29 is 35.3 Å². The Kier molecular flexibility index (Phi) is 5.65. The first kappa shape index (κ1) is 19.8. The number of hydrogen-bond acceptors (Lipinski definition) is 5. The molecule has 0 aromatic heterocycles. The van der Waals surface area contributed by atoms with E-state index < -0.39 is 21.4 Å². The van der Waals surface area contributed by atoms with E-state index in [2.05, 4.69) is 9.50 Å². The van der Waals surface area contributed by atoms with Gasteiger partial charge in [0, 0.05) is 13.5 Å². The quantitative estimate of drug-likeness (QED) is 0.605. The maximum Gasteiger partial charge on any atom is 0.534 e. The van der Waals surface area contributed by atoms with Gasteiger partial charge in [0.05, 0.1) is 7.11 Å². The topological polar surface area (TPSA) is 81.7 Å². The summed E-state index contributed by atoms with van der Waals surface area (Å²) in [7, 11) is -4.62. The Morgan fingerprint density at radius 3 is 2.46 bits per heavy atom. The van der Waals surface area contributed by atoms with Gasteiger partial charge in [-0.3, -0.25) is 4.79 Å². The van der Waals surface area contributed by atoms with Gasteiger partial charge in [-0.1, -0.05) is 18.2 Å². The molecule has 0 fully saturated rings. The minimum absolute atomic E-state index is 0.155. The van der Waals surface area contributed by atoms with Gasteiger partial charge in [-0.2, -0.15) is 21.6 Å². The van der Waals surface area contributed by atoms with Crippen molar-refractivity contribution in [2.75, 3.05) is 13.7 Å². The summed E-state index contributed by atoms with van der Waals surface area (Å²) in [5, 5.41) is 3.76. The predicted molar refractivity (Wildman–Crippen MR) is 88.5 cm³/mol. The Morgan fingerprint density at radius 1 is 1.19 bits per heavy atom. The molecule has 0 aliphatic carbocycles. The van der Waals surface area contributed by atoms with Crippen molar-refractivity contribution in [3.05, 3.63) is 35.9 Å². The zero-order valence-corrected chi connectivity index (χ0v) is 14.7. The van der Waals surface area contributed by atoms with Crippen LogP contribution >= 0.6 is 0 Å². The van der Waals surface area contributed by atoms with Crippen LogP contribution in [0.3, 0.4) is 0 Å². The fraction of sp³-hybridized carbons (Fsp3) is 0.312. The molecule has 1 amide bonds. The molecule has 6 nitrogen and oxygen atoms in total.